The molecule has 2 atom stereocenters. The predicted octanol–water partition coefficient (Wildman–Crippen LogP) is 1.43. The highest BCUT2D eigenvalue weighted by Crippen LogP contribution is 2.20. The van der Waals surface area contributed by atoms with E-state index in [2.05, 4.69) is 15.5 Å². The molecule has 90 valence electrons. The molecule has 1 saturated carbocycles. The Hall–Kier alpha value is -0.940. The van der Waals surface area contributed by atoms with Crippen LogP contribution in [0.2, 0.25) is 0 Å². The summed E-state index contributed by atoms with van der Waals surface area (Å²) in [5.74, 6) is 1.33. The first kappa shape index (κ1) is 11.5. The van der Waals surface area contributed by atoms with Crippen LogP contribution < -0.4 is 5.32 Å². The van der Waals surface area contributed by atoms with Crippen molar-refractivity contribution in [1.29, 1.82) is 0 Å². The number of nitrogens with zero attached hydrogens (tertiary/aromatic N) is 2. The summed E-state index contributed by atoms with van der Waals surface area (Å²) in [6.07, 6.45) is 5.14. The first-order chi connectivity index (χ1) is 7.79. The molecule has 0 bridgehead atoms. The second-order valence-corrected chi connectivity index (χ2v) is 4.28. The number of hydrogen-bond donors (Lipinski definition) is 1. The molecular formula is C11H19N3O2. The quantitative estimate of drug-likeness (QED) is 0.839. The zero-order valence-electron chi connectivity index (χ0n) is 9.90. The van der Waals surface area contributed by atoms with Crippen molar-refractivity contribution in [3.63, 3.8) is 0 Å². The van der Waals surface area contributed by atoms with Crippen LogP contribution in [0.15, 0.2) is 4.52 Å². The SMILES string of the molecule is COC1CCCCC1NCc1nc(C)no1. The number of methoxy groups -OCH3 is 1. The molecule has 0 aromatic carbocycles. The Kier molecular flexibility index (Phi) is 3.90. The van der Waals surface area contributed by atoms with E-state index < -0.39 is 0 Å². The summed E-state index contributed by atoms with van der Waals surface area (Å²) in [5, 5.41) is 7.19. The van der Waals surface area contributed by atoms with Crippen LogP contribution in [-0.2, 0) is 11.3 Å². The Morgan fingerprint density at radius 3 is 2.94 bits per heavy atom. The Balaban J connectivity index is 1.84. The van der Waals surface area contributed by atoms with Gasteiger partial charge in [-0.25, -0.2) is 0 Å². The summed E-state index contributed by atoms with van der Waals surface area (Å²) in [6.45, 7) is 2.46. The number of hydrogen-bond acceptors (Lipinski definition) is 5. The maximum Gasteiger partial charge on any atom is 0.240 e. The van der Waals surface area contributed by atoms with Gasteiger partial charge in [0.15, 0.2) is 5.82 Å². The zero-order valence-corrected chi connectivity index (χ0v) is 9.90. The molecule has 5 heteroatoms. The second kappa shape index (κ2) is 5.41. The van der Waals surface area contributed by atoms with Crippen LogP contribution in [0.25, 0.3) is 0 Å². The molecule has 0 spiro atoms. The van der Waals surface area contributed by atoms with Crippen LogP contribution in [0.5, 0.6) is 0 Å². The molecule has 0 saturated heterocycles. The van der Waals surface area contributed by atoms with E-state index in [0.29, 0.717) is 30.4 Å². The van der Waals surface area contributed by atoms with Crippen molar-refractivity contribution in [3.05, 3.63) is 11.7 Å². The molecule has 1 aliphatic carbocycles. The Morgan fingerprint density at radius 1 is 1.44 bits per heavy atom. The molecule has 0 radical (unpaired) electrons. The third-order valence-electron chi connectivity index (χ3n) is 3.09. The fourth-order valence-electron chi connectivity index (χ4n) is 2.24. The molecule has 1 heterocycles. The van der Waals surface area contributed by atoms with Gasteiger partial charge in [-0.1, -0.05) is 18.0 Å². The fourth-order valence-corrected chi connectivity index (χ4v) is 2.24. The van der Waals surface area contributed by atoms with Gasteiger partial charge in [-0.15, -0.1) is 0 Å². The van der Waals surface area contributed by atoms with Gasteiger partial charge in [0, 0.05) is 13.2 Å². The highest BCUT2D eigenvalue weighted by Gasteiger charge is 2.24. The van der Waals surface area contributed by atoms with Gasteiger partial charge < -0.3 is 14.6 Å². The molecule has 5 nitrogen and oxygen atoms in total. The van der Waals surface area contributed by atoms with E-state index in [4.69, 9.17) is 9.26 Å². The number of rotatable bonds is 4. The van der Waals surface area contributed by atoms with Gasteiger partial charge in [0.2, 0.25) is 5.89 Å². The minimum absolute atomic E-state index is 0.317. The van der Waals surface area contributed by atoms with E-state index in [0.717, 1.165) is 12.8 Å². The van der Waals surface area contributed by atoms with Crippen molar-refractivity contribution < 1.29 is 9.26 Å². The third-order valence-corrected chi connectivity index (χ3v) is 3.09. The van der Waals surface area contributed by atoms with Crippen LogP contribution >= 0.6 is 0 Å². The Labute approximate surface area is 95.6 Å². The van der Waals surface area contributed by atoms with Gasteiger partial charge in [-0.2, -0.15) is 4.98 Å². The van der Waals surface area contributed by atoms with Crippen LogP contribution in [0, 0.1) is 6.92 Å². The highest BCUT2D eigenvalue weighted by molar-refractivity contribution is 4.86. The van der Waals surface area contributed by atoms with E-state index in [1.54, 1.807) is 7.11 Å². The van der Waals surface area contributed by atoms with Gasteiger partial charge >= 0.3 is 0 Å². The maximum absolute atomic E-state index is 5.47. The average molecular weight is 225 g/mol. The number of aromatic nitrogens is 2. The lowest BCUT2D eigenvalue weighted by Crippen LogP contribution is -2.42. The molecule has 1 aliphatic rings. The topological polar surface area (TPSA) is 60.2 Å². The molecule has 0 aliphatic heterocycles. The third kappa shape index (κ3) is 2.80. The Bertz CT molecular complexity index is 327. The zero-order chi connectivity index (χ0) is 11.4. The minimum Gasteiger partial charge on any atom is -0.380 e. The lowest BCUT2D eigenvalue weighted by Gasteiger charge is -2.30. The first-order valence-corrected chi connectivity index (χ1v) is 5.85. The summed E-state index contributed by atoms with van der Waals surface area (Å²) in [4.78, 5) is 4.16. The summed E-state index contributed by atoms with van der Waals surface area (Å²) in [5.41, 5.74) is 0. The summed E-state index contributed by atoms with van der Waals surface area (Å²) >= 11 is 0. The van der Waals surface area contributed by atoms with Gasteiger partial charge in [0.05, 0.1) is 12.6 Å². The fraction of sp³-hybridized carbons (Fsp3) is 0.818. The van der Waals surface area contributed by atoms with E-state index in [-0.39, 0.29) is 0 Å². The van der Waals surface area contributed by atoms with Crippen LogP contribution in [0.1, 0.15) is 37.4 Å². The lowest BCUT2D eigenvalue weighted by molar-refractivity contribution is 0.0404. The van der Waals surface area contributed by atoms with Crippen LogP contribution in [0.4, 0.5) is 0 Å². The molecule has 1 aromatic rings. The first-order valence-electron chi connectivity index (χ1n) is 5.85. The molecule has 0 amide bonds. The van der Waals surface area contributed by atoms with Gasteiger partial charge in [0.25, 0.3) is 0 Å². The van der Waals surface area contributed by atoms with E-state index in [1.165, 1.54) is 12.8 Å². The standard InChI is InChI=1S/C11H19N3O2/c1-8-13-11(16-14-8)7-12-9-5-3-4-6-10(9)15-2/h9-10,12H,3-7H2,1-2H3. The second-order valence-electron chi connectivity index (χ2n) is 4.28. The Morgan fingerprint density at radius 2 is 2.25 bits per heavy atom. The molecule has 1 N–H and O–H groups in total. The van der Waals surface area contributed by atoms with E-state index in [9.17, 15) is 0 Å². The largest absolute Gasteiger partial charge is 0.380 e. The van der Waals surface area contributed by atoms with Crippen molar-refractivity contribution in [2.45, 2.75) is 51.3 Å². The van der Waals surface area contributed by atoms with Crippen molar-refractivity contribution in [3.8, 4) is 0 Å². The molecule has 2 rings (SSSR count). The van der Waals surface area contributed by atoms with Crippen molar-refractivity contribution in [2.75, 3.05) is 7.11 Å². The molecule has 16 heavy (non-hydrogen) atoms. The summed E-state index contributed by atoms with van der Waals surface area (Å²) in [7, 11) is 1.78. The normalized spacial score (nSPS) is 25.9. The number of nitrogens with one attached hydrogen (secondary N) is 1. The van der Waals surface area contributed by atoms with Crippen molar-refractivity contribution in [1.82, 2.24) is 15.5 Å². The number of ether oxygens (including phenoxy) is 1. The van der Waals surface area contributed by atoms with Gasteiger partial charge in [-0.05, 0) is 19.8 Å². The highest BCUT2D eigenvalue weighted by atomic mass is 16.5. The van der Waals surface area contributed by atoms with Crippen LogP contribution in [0.3, 0.4) is 0 Å². The molecular weight excluding hydrogens is 206 g/mol. The van der Waals surface area contributed by atoms with Gasteiger partial charge in [-0.3, -0.25) is 0 Å². The van der Waals surface area contributed by atoms with Gasteiger partial charge in [0.1, 0.15) is 0 Å². The molecule has 1 aromatic heterocycles. The number of aryl methyl sites for hydroxylation is 1. The smallest absolute Gasteiger partial charge is 0.240 e. The molecule has 1 fully saturated rings. The van der Waals surface area contributed by atoms with E-state index >= 15 is 0 Å². The minimum atomic E-state index is 0.317. The average Bonchev–Trinajstić information content (AvgIpc) is 2.73. The van der Waals surface area contributed by atoms with Crippen LogP contribution in [-0.4, -0.2) is 29.4 Å². The van der Waals surface area contributed by atoms with Crippen molar-refractivity contribution >= 4 is 0 Å². The maximum atomic E-state index is 5.47. The van der Waals surface area contributed by atoms with Crippen molar-refractivity contribution in [2.24, 2.45) is 0 Å². The summed E-state index contributed by atoms with van der Waals surface area (Å²) in [6, 6.07) is 0.408. The lowest BCUT2D eigenvalue weighted by atomic mass is 9.92. The molecule has 2 unspecified atom stereocenters. The predicted molar refractivity (Wildman–Crippen MR) is 58.9 cm³/mol. The van der Waals surface area contributed by atoms with E-state index in [1.807, 2.05) is 6.92 Å². The monoisotopic (exact) mass is 225 g/mol. The summed E-state index contributed by atoms with van der Waals surface area (Å²) < 4.78 is 10.5.